The van der Waals surface area contributed by atoms with Crippen LogP contribution in [0.4, 0.5) is 10.1 Å². The first-order valence-electron chi connectivity index (χ1n) is 5.48. The van der Waals surface area contributed by atoms with E-state index in [0.29, 0.717) is 18.8 Å². The lowest BCUT2D eigenvalue weighted by Crippen LogP contribution is -2.65. The Bertz CT molecular complexity index is 444. The van der Waals surface area contributed by atoms with Gasteiger partial charge in [-0.25, -0.2) is 4.39 Å². The van der Waals surface area contributed by atoms with E-state index in [0.717, 1.165) is 5.56 Å². The van der Waals surface area contributed by atoms with Crippen molar-refractivity contribution in [2.24, 2.45) is 0 Å². The van der Waals surface area contributed by atoms with E-state index in [-0.39, 0.29) is 12.2 Å². The standard InChI is InChI=1S/C12H15FN2O2/c1-8-2-3-9(13)10(4-8)15-12(5-11(16)17)6-14-7-12/h2-4,14-15H,5-7H2,1H3,(H,16,17). The number of aliphatic carboxylic acids is 1. The highest BCUT2D eigenvalue weighted by Crippen LogP contribution is 2.25. The molecule has 1 aromatic carbocycles. The van der Waals surface area contributed by atoms with E-state index in [2.05, 4.69) is 10.6 Å². The molecule has 0 aromatic heterocycles. The first-order valence-corrected chi connectivity index (χ1v) is 5.48. The molecule has 0 saturated carbocycles. The summed E-state index contributed by atoms with van der Waals surface area (Å²) in [6.07, 6.45) is -0.0205. The topological polar surface area (TPSA) is 61.4 Å². The molecule has 0 spiro atoms. The van der Waals surface area contributed by atoms with Gasteiger partial charge in [-0.05, 0) is 24.6 Å². The molecule has 0 atom stereocenters. The summed E-state index contributed by atoms with van der Waals surface area (Å²) in [6, 6.07) is 4.76. The molecule has 2 rings (SSSR count). The van der Waals surface area contributed by atoms with Gasteiger partial charge in [-0.2, -0.15) is 0 Å². The SMILES string of the molecule is Cc1ccc(F)c(NC2(CC(=O)O)CNC2)c1. The smallest absolute Gasteiger partial charge is 0.305 e. The largest absolute Gasteiger partial charge is 0.481 e. The van der Waals surface area contributed by atoms with Crippen LogP contribution in [0.25, 0.3) is 0 Å². The zero-order valence-corrected chi connectivity index (χ0v) is 9.59. The number of nitrogens with one attached hydrogen (secondary N) is 2. The third-order valence-corrected chi connectivity index (χ3v) is 2.94. The van der Waals surface area contributed by atoms with Gasteiger partial charge < -0.3 is 15.7 Å². The van der Waals surface area contributed by atoms with E-state index in [1.807, 2.05) is 6.92 Å². The van der Waals surface area contributed by atoms with E-state index >= 15 is 0 Å². The zero-order chi connectivity index (χ0) is 12.5. The lowest BCUT2D eigenvalue weighted by atomic mass is 9.88. The first-order chi connectivity index (χ1) is 8.01. The predicted molar refractivity (Wildman–Crippen MR) is 62.6 cm³/mol. The molecule has 0 aliphatic carbocycles. The van der Waals surface area contributed by atoms with Crippen molar-refractivity contribution < 1.29 is 14.3 Å². The highest BCUT2D eigenvalue weighted by Gasteiger charge is 2.39. The Balaban J connectivity index is 2.18. The van der Waals surface area contributed by atoms with Gasteiger partial charge in [0.15, 0.2) is 0 Å². The molecule has 5 heteroatoms. The molecule has 1 saturated heterocycles. The fourth-order valence-electron chi connectivity index (χ4n) is 1.99. The summed E-state index contributed by atoms with van der Waals surface area (Å²) in [5, 5.41) is 14.9. The summed E-state index contributed by atoms with van der Waals surface area (Å²) in [5.41, 5.74) is 0.736. The Labute approximate surface area is 98.8 Å². The second-order valence-corrected chi connectivity index (χ2v) is 4.56. The number of carboxylic acids is 1. The molecule has 0 unspecified atom stereocenters. The lowest BCUT2D eigenvalue weighted by molar-refractivity contribution is -0.138. The number of carboxylic acid groups (broad SMARTS) is 1. The van der Waals surface area contributed by atoms with Gasteiger partial charge in [0.25, 0.3) is 0 Å². The van der Waals surface area contributed by atoms with E-state index in [9.17, 15) is 9.18 Å². The van der Waals surface area contributed by atoms with E-state index in [1.54, 1.807) is 12.1 Å². The predicted octanol–water partition coefficient (Wildman–Crippen LogP) is 1.36. The highest BCUT2D eigenvalue weighted by molar-refractivity contribution is 5.70. The van der Waals surface area contributed by atoms with Crippen molar-refractivity contribution in [3.8, 4) is 0 Å². The van der Waals surface area contributed by atoms with Crippen molar-refractivity contribution in [3.63, 3.8) is 0 Å². The Morgan fingerprint density at radius 2 is 2.29 bits per heavy atom. The number of hydrogen-bond donors (Lipinski definition) is 3. The molecule has 1 aliphatic heterocycles. The minimum absolute atomic E-state index is 0.0205. The second kappa shape index (κ2) is 4.33. The monoisotopic (exact) mass is 238 g/mol. The van der Waals surface area contributed by atoms with Crippen molar-refractivity contribution in [2.75, 3.05) is 18.4 Å². The minimum Gasteiger partial charge on any atom is -0.481 e. The van der Waals surface area contributed by atoms with E-state index in [1.165, 1.54) is 6.07 Å². The molecule has 92 valence electrons. The molecule has 1 heterocycles. The van der Waals surface area contributed by atoms with Crippen molar-refractivity contribution in [3.05, 3.63) is 29.6 Å². The van der Waals surface area contributed by atoms with Crippen LogP contribution < -0.4 is 10.6 Å². The number of hydrogen-bond acceptors (Lipinski definition) is 3. The highest BCUT2D eigenvalue weighted by atomic mass is 19.1. The third-order valence-electron chi connectivity index (χ3n) is 2.94. The fraction of sp³-hybridized carbons (Fsp3) is 0.417. The lowest BCUT2D eigenvalue weighted by Gasteiger charge is -2.43. The van der Waals surface area contributed by atoms with E-state index in [4.69, 9.17) is 5.11 Å². The van der Waals surface area contributed by atoms with Crippen molar-refractivity contribution in [1.82, 2.24) is 5.32 Å². The number of anilines is 1. The van der Waals surface area contributed by atoms with Crippen LogP contribution >= 0.6 is 0 Å². The van der Waals surface area contributed by atoms with Crippen LogP contribution in [-0.4, -0.2) is 29.7 Å². The minimum atomic E-state index is -0.882. The normalized spacial score (nSPS) is 17.3. The molecular weight excluding hydrogens is 223 g/mol. The average molecular weight is 238 g/mol. The summed E-state index contributed by atoms with van der Waals surface area (Å²) in [5.74, 6) is -1.24. The van der Waals surface area contributed by atoms with Crippen LogP contribution in [0.3, 0.4) is 0 Å². The van der Waals surface area contributed by atoms with Crippen LogP contribution in [0, 0.1) is 12.7 Å². The maximum absolute atomic E-state index is 13.6. The van der Waals surface area contributed by atoms with Crippen LogP contribution in [0.2, 0.25) is 0 Å². The summed E-state index contributed by atoms with van der Waals surface area (Å²) in [7, 11) is 0. The zero-order valence-electron chi connectivity index (χ0n) is 9.59. The number of aryl methyl sites for hydroxylation is 1. The van der Waals surface area contributed by atoms with Gasteiger partial charge in [0.1, 0.15) is 5.82 Å². The Morgan fingerprint density at radius 1 is 1.59 bits per heavy atom. The quantitative estimate of drug-likeness (QED) is 0.741. The molecule has 3 N–H and O–H groups in total. The van der Waals surface area contributed by atoms with Crippen LogP contribution in [0.1, 0.15) is 12.0 Å². The Kier molecular flexibility index (Phi) is 3.02. The molecule has 4 nitrogen and oxygen atoms in total. The van der Waals surface area contributed by atoms with E-state index < -0.39 is 11.5 Å². The maximum Gasteiger partial charge on any atom is 0.305 e. The number of halogens is 1. The van der Waals surface area contributed by atoms with Gasteiger partial charge in [-0.3, -0.25) is 4.79 Å². The molecule has 1 aliphatic rings. The Hall–Kier alpha value is -1.62. The van der Waals surface area contributed by atoms with Crippen LogP contribution in [0.5, 0.6) is 0 Å². The van der Waals surface area contributed by atoms with Crippen molar-refractivity contribution in [2.45, 2.75) is 18.9 Å². The molecular formula is C12H15FN2O2. The van der Waals surface area contributed by atoms with Gasteiger partial charge >= 0.3 is 5.97 Å². The van der Waals surface area contributed by atoms with Crippen LogP contribution in [-0.2, 0) is 4.79 Å². The second-order valence-electron chi connectivity index (χ2n) is 4.56. The Morgan fingerprint density at radius 3 is 2.82 bits per heavy atom. The van der Waals surface area contributed by atoms with Crippen LogP contribution in [0.15, 0.2) is 18.2 Å². The maximum atomic E-state index is 13.6. The number of rotatable bonds is 4. The third kappa shape index (κ3) is 2.55. The first kappa shape index (κ1) is 11.9. The fourth-order valence-corrected chi connectivity index (χ4v) is 1.99. The van der Waals surface area contributed by atoms with Crippen molar-refractivity contribution >= 4 is 11.7 Å². The van der Waals surface area contributed by atoms with Gasteiger partial charge in [-0.1, -0.05) is 6.07 Å². The van der Waals surface area contributed by atoms with Gasteiger partial charge in [0.05, 0.1) is 17.6 Å². The summed E-state index contributed by atoms with van der Waals surface area (Å²) >= 11 is 0. The van der Waals surface area contributed by atoms with Gasteiger partial charge in [-0.15, -0.1) is 0 Å². The summed E-state index contributed by atoms with van der Waals surface area (Å²) < 4.78 is 13.6. The summed E-state index contributed by atoms with van der Waals surface area (Å²) in [4.78, 5) is 10.8. The summed E-state index contributed by atoms with van der Waals surface area (Å²) in [6.45, 7) is 2.94. The number of benzene rings is 1. The molecule has 17 heavy (non-hydrogen) atoms. The van der Waals surface area contributed by atoms with Gasteiger partial charge in [0, 0.05) is 13.1 Å². The van der Waals surface area contributed by atoms with Crippen molar-refractivity contribution in [1.29, 1.82) is 0 Å². The average Bonchev–Trinajstić information content (AvgIpc) is 2.19. The molecule has 1 fully saturated rings. The molecule has 0 radical (unpaired) electrons. The number of carbonyl (C=O) groups is 1. The van der Waals surface area contributed by atoms with Gasteiger partial charge in [0.2, 0.25) is 0 Å². The molecule has 0 bridgehead atoms. The molecule has 0 amide bonds. The molecule has 1 aromatic rings.